The standard InChI is InChI=1S/C18H18N4S.C8H17N/c1-12-6-7-15-14(10-12)17(19)21-18(20-15)22-8-9-23-16-5-3-2-4-13(16)11-22;1-5-6-8(4)9-7(2)3/h2-7,10H,8-9,11H2,1H3,(H2,19,20,21);7,9H,4-6H2,1-3H3. The second-order valence-corrected chi connectivity index (χ2v) is 9.60. The van der Waals surface area contributed by atoms with E-state index in [0.29, 0.717) is 11.9 Å². The van der Waals surface area contributed by atoms with Gasteiger partial charge in [0, 0.05) is 40.9 Å². The van der Waals surface area contributed by atoms with Gasteiger partial charge in [-0.1, -0.05) is 49.8 Å². The summed E-state index contributed by atoms with van der Waals surface area (Å²) < 4.78 is 0. The normalized spacial score (nSPS) is 13.2. The minimum absolute atomic E-state index is 0.532. The zero-order chi connectivity index (χ0) is 23.1. The highest BCUT2D eigenvalue weighted by Crippen LogP contribution is 2.30. The van der Waals surface area contributed by atoms with Crippen LogP contribution in [-0.4, -0.2) is 28.3 Å². The molecule has 0 bridgehead atoms. The van der Waals surface area contributed by atoms with Crippen LogP contribution in [0.5, 0.6) is 0 Å². The minimum atomic E-state index is 0.532. The number of allylic oxidation sites excluding steroid dienone is 1. The smallest absolute Gasteiger partial charge is 0.228 e. The Morgan fingerprint density at radius 2 is 2.00 bits per heavy atom. The van der Waals surface area contributed by atoms with E-state index in [4.69, 9.17) is 10.7 Å². The lowest BCUT2D eigenvalue weighted by Crippen LogP contribution is -2.26. The number of rotatable bonds is 5. The fraction of sp³-hybridized carbons (Fsp3) is 0.385. The van der Waals surface area contributed by atoms with Crippen LogP contribution in [0.25, 0.3) is 10.9 Å². The van der Waals surface area contributed by atoms with Crippen molar-refractivity contribution in [1.82, 2.24) is 15.3 Å². The Morgan fingerprint density at radius 1 is 1.22 bits per heavy atom. The summed E-state index contributed by atoms with van der Waals surface area (Å²) in [5, 5.41) is 4.18. The Labute approximate surface area is 196 Å². The quantitative estimate of drug-likeness (QED) is 0.503. The second kappa shape index (κ2) is 11.2. The Morgan fingerprint density at radius 3 is 2.75 bits per heavy atom. The molecule has 2 aromatic carbocycles. The first-order valence-electron chi connectivity index (χ1n) is 11.3. The predicted molar refractivity (Wildman–Crippen MR) is 139 cm³/mol. The molecule has 0 saturated heterocycles. The summed E-state index contributed by atoms with van der Waals surface area (Å²) in [6.07, 6.45) is 2.27. The lowest BCUT2D eigenvalue weighted by Gasteiger charge is -2.21. The van der Waals surface area contributed by atoms with E-state index in [2.05, 4.69) is 79.8 Å². The van der Waals surface area contributed by atoms with Gasteiger partial charge >= 0.3 is 0 Å². The van der Waals surface area contributed by atoms with Gasteiger partial charge in [0.15, 0.2) is 0 Å². The molecule has 170 valence electrons. The van der Waals surface area contributed by atoms with Crippen molar-refractivity contribution in [3.05, 3.63) is 65.9 Å². The monoisotopic (exact) mass is 449 g/mol. The van der Waals surface area contributed by atoms with Gasteiger partial charge in [-0.15, -0.1) is 11.8 Å². The molecule has 1 aliphatic heterocycles. The van der Waals surface area contributed by atoms with Gasteiger partial charge in [0.05, 0.1) is 5.52 Å². The highest BCUT2D eigenvalue weighted by atomic mass is 32.2. The number of nitrogen functional groups attached to an aromatic ring is 1. The zero-order valence-corrected chi connectivity index (χ0v) is 20.5. The maximum absolute atomic E-state index is 6.18. The summed E-state index contributed by atoms with van der Waals surface area (Å²) >= 11 is 1.89. The van der Waals surface area contributed by atoms with Crippen LogP contribution in [0.4, 0.5) is 11.8 Å². The van der Waals surface area contributed by atoms with Crippen molar-refractivity contribution in [3.63, 3.8) is 0 Å². The summed E-state index contributed by atoms with van der Waals surface area (Å²) in [7, 11) is 0. The number of nitrogens with two attached hydrogens (primary N) is 1. The van der Waals surface area contributed by atoms with E-state index < -0.39 is 0 Å². The number of fused-ring (bicyclic) bond motifs is 2. The first-order valence-corrected chi connectivity index (χ1v) is 12.3. The Kier molecular flexibility index (Phi) is 8.39. The van der Waals surface area contributed by atoms with Crippen LogP contribution in [0.1, 0.15) is 44.7 Å². The number of thioether (sulfide) groups is 1. The number of hydrogen-bond acceptors (Lipinski definition) is 6. The van der Waals surface area contributed by atoms with Gasteiger partial charge in [-0.25, -0.2) is 4.98 Å². The van der Waals surface area contributed by atoms with E-state index in [1.54, 1.807) is 0 Å². The van der Waals surface area contributed by atoms with Gasteiger partial charge in [-0.2, -0.15) is 4.98 Å². The SMILES string of the molecule is C=C(CCC)NC(C)C.Cc1ccc2nc(N3CCSc4ccccc4C3)nc(N)c2c1. The molecule has 0 amide bonds. The van der Waals surface area contributed by atoms with Gasteiger partial charge in [0.25, 0.3) is 0 Å². The minimum Gasteiger partial charge on any atom is -0.387 e. The van der Waals surface area contributed by atoms with Crippen LogP contribution in [0.15, 0.2) is 59.6 Å². The molecular formula is C26H35N5S. The Bertz CT molecular complexity index is 1060. The van der Waals surface area contributed by atoms with E-state index in [1.807, 2.05) is 23.9 Å². The van der Waals surface area contributed by atoms with Crippen molar-refractivity contribution < 1.29 is 0 Å². The van der Waals surface area contributed by atoms with Crippen LogP contribution in [0.3, 0.4) is 0 Å². The van der Waals surface area contributed by atoms with E-state index in [0.717, 1.165) is 47.8 Å². The fourth-order valence-corrected chi connectivity index (χ4v) is 4.70. The molecule has 5 nitrogen and oxygen atoms in total. The van der Waals surface area contributed by atoms with Crippen molar-refractivity contribution in [1.29, 1.82) is 0 Å². The molecule has 0 fully saturated rings. The van der Waals surface area contributed by atoms with E-state index in [1.165, 1.54) is 22.4 Å². The summed E-state index contributed by atoms with van der Waals surface area (Å²) in [4.78, 5) is 12.9. The molecule has 6 heteroatoms. The summed E-state index contributed by atoms with van der Waals surface area (Å²) in [5.41, 5.74) is 10.7. The molecule has 4 rings (SSSR count). The third-order valence-corrected chi connectivity index (χ3v) is 6.24. The molecule has 0 radical (unpaired) electrons. The lowest BCUT2D eigenvalue weighted by atomic mass is 10.1. The molecule has 0 unspecified atom stereocenters. The number of nitrogens with zero attached hydrogens (tertiary/aromatic N) is 3. The van der Waals surface area contributed by atoms with Crippen LogP contribution in [-0.2, 0) is 6.54 Å². The van der Waals surface area contributed by atoms with Crippen LogP contribution >= 0.6 is 11.8 Å². The Balaban J connectivity index is 0.000000275. The van der Waals surface area contributed by atoms with Crippen molar-refractivity contribution >= 4 is 34.4 Å². The highest BCUT2D eigenvalue weighted by Gasteiger charge is 2.18. The summed E-state index contributed by atoms with van der Waals surface area (Å²) in [6.45, 7) is 14.1. The number of benzene rings is 2. The van der Waals surface area contributed by atoms with E-state index >= 15 is 0 Å². The van der Waals surface area contributed by atoms with E-state index in [-0.39, 0.29) is 0 Å². The molecule has 0 atom stereocenters. The van der Waals surface area contributed by atoms with Crippen molar-refractivity contribution in [3.8, 4) is 0 Å². The number of hydrogen-bond donors (Lipinski definition) is 2. The average molecular weight is 450 g/mol. The number of anilines is 2. The third kappa shape index (κ3) is 6.39. The molecule has 0 saturated carbocycles. The van der Waals surface area contributed by atoms with E-state index in [9.17, 15) is 0 Å². The lowest BCUT2D eigenvalue weighted by molar-refractivity contribution is 0.639. The molecule has 32 heavy (non-hydrogen) atoms. The molecular weight excluding hydrogens is 414 g/mol. The maximum atomic E-state index is 6.18. The second-order valence-electron chi connectivity index (χ2n) is 8.46. The largest absolute Gasteiger partial charge is 0.387 e. The number of aryl methyl sites for hydroxylation is 1. The van der Waals surface area contributed by atoms with Crippen LogP contribution < -0.4 is 16.0 Å². The summed E-state index contributed by atoms with van der Waals surface area (Å²) in [6, 6.07) is 15.2. The molecule has 0 spiro atoms. The first kappa shape index (κ1) is 23.9. The topological polar surface area (TPSA) is 67.1 Å². The number of aromatic nitrogens is 2. The average Bonchev–Trinajstić information content (AvgIpc) is 2.97. The summed E-state index contributed by atoms with van der Waals surface area (Å²) in [5.74, 6) is 2.29. The fourth-order valence-electron chi connectivity index (χ4n) is 3.67. The molecule has 3 aromatic rings. The predicted octanol–water partition coefficient (Wildman–Crippen LogP) is 5.93. The molecule has 1 aliphatic rings. The Hall–Kier alpha value is -2.73. The molecule has 0 aliphatic carbocycles. The molecule has 1 aromatic heterocycles. The third-order valence-electron chi connectivity index (χ3n) is 5.15. The zero-order valence-electron chi connectivity index (χ0n) is 19.7. The molecule has 2 heterocycles. The van der Waals surface area contributed by atoms with Gasteiger partial charge < -0.3 is 16.0 Å². The molecule has 3 N–H and O–H groups in total. The van der Waals surface area contributed by atoms with Gasteiger partial charge in [0.2, 0.25) is 5.95 Å². The highest BCUT2D eigenvalue weighted by molar-refractivity contribution is 7.99. The van der Waals surface area contributed by atoms with Gasteiger partial charge in [-0.05, 0) is 51.0 Å². The van der Waals surface area contributed by atoms with Crippen LogP contribution in [0.2, 0.25) is 0 Å². The van der Waals surface area contributed by atoms with Crippen molar-refractivity contribution in [2.75, 3.05) is 22.9 Å². The maximum Gasteiger partial charge on any atom is 0.228 e. The van der Waals surface area contributed by atoms with Gasteiger partial charge in [0.1, 0.15) is 5.82 Å². The first-order chi connectivity index (χ1) is 15.4. The number of nitrogens with one attached hydrogen (secondary N) is 1. The van der Waals surface area contributed by atoms with Gasteiger partial charge in [-0.3, -0.25) is 0 Å². The van der Waals surface area contributed by atoms with Crippen molar-refractivity contribution in [2.24, 2.45) is 0 Å². The van der Waals surface area contributed by atoms with Crippen molar-refractivity contribution in [2.45, 2.75) is 58.0 Å². The van der Waals surface area contributed by atoms with Crippen LogP contribution in [0, 0.1) is 6.92 Å².